The predicted octanol–water partition coefficient (Wildman–Crippen LogP) is 6.07. The number of hydrogen-bond donors (Lipinski definition) is 3. The summed E-state index contributed by atoms with van der Waals surface area (Å²) in [5, 5.41) is 18.1. The van der Waals surface area contributed by atoms with Gasteiger partial charge in [0, 0.05) is 24.3 Å². The Morgan fingerprint density at radius 1 is 1.16 bits per heavy atom. The number of ether oxygens (including phenoxy) is 1. The summed E-state index contributed by atoms with van der Waals surface area (Å²) in [6, 6.07) is 6.36. The summed E-state index contributed by atoms with van der Waals surface area (Å²) < 4.78 is 19.3. The van der Waals surface area contributed by atoms with Gasteiger partial charge in [-0.05, 0) is 117 Å². The maximum atomic E-state index is 13.7. The van der Waals surface area contributed by atoms with E-state index in [4.69, 9.17) is 17.0 Å². The highest BCUT2D eigenvalue weighted by Crippen LogP contribution is 2.75. The molecule has 3 N–H and O–H groups in total. The average Bonchev–Trinajstić information content (AvgIpc) is 3.00. The molecule has 0 radical (unpaired) electrons. The maximum Gasteiger partial charge on any atom is 0.312 e. The number of halogens is 1. The number of thiocarbonyl (C=S) groups is 1. The Labute approximate surface area is 226 Å². The van der Waals surface area contributed by atoms with Gasteiger partial charge in [0.05, 0.1) is 12.0 Å². The Hall–Kier alpha value is -1.73. The summed E-state index contributed by atoms with van der Waals surface area (Å²) in [6.45, 7) is 9.37. The van der Waals surface area contributed by atoms with Crippen molar-refractivity contribution in [2.45, 2.75) is 85.1 Å². The molecule has 1 aromatic rings. The van der Waals surface area contributed by atoms with Gasteiger partial charge in [-0.25, -0.2) is 4.39 Å². The molecule has 4 aliphatic carbocycles. The zero-order chi connectivity index (χ0) is 26.6. The third-order valence-corrected chi connectivity index (χ3v) is 11.5. The van der Waals surface area contributed by atoms with Crippen molar-refractivity contribution in [3.8, 4) is 0 Å². The van der Waals surface area contributed by atoms with Crippen LogP contribution in [0.3, 0.4) is 0 Å². The van der Waals surface area contributed by atoms with Gasteiger partial charge in [0.25, 0.3) is 0 Å². The summed E-state index contributed by atoms with van der Waals surface area (Å²) in [7, 11) is 0. The second-order valence-corrected chi connectivity index (χ2v) is 13.5. The molecule has 0 aromatic heterocycles. The number of rotatable bonds is 5. The van der Waals surface area contributed by atoms with Crippen molar-refractivity contribution < 1.29 is 19.0 Å². The summed E-state index contributed by atoms with van der Waals surface area (Å²) in [5.41, 5.74) is 0.259. The SMILES string of the molecule is CCOC(=O)[C@]1(C)CCC[C@@]2(C)[C@@H]3CC[C@@]4(C)C[C@]3(CC[C@@H]21)[C@H](CO)[C@H]4NC(=S)Nc1cccc(F)c1. The second kappa shape index (κ2) is 9.48. The lowest BCUT2D eigenvalue weighted by Crippen LogP contribution is -2.60. The summed E-state index contributed by atoms with van der Waals surface area (Å²) in [4.78, 5) is 13.2. The number of carbonyl (C=O) groups is 1. The van der Waals surface area contributed by atoms with Gasteiger partial charge in [-0.1, -0.05) is 26.3 Å². The number of anilines is 1. The molecule has 204 valence electrons. The van der Waals surface area contributed by atoms with E-state index in [2.05, 4.69) is 31.4 Å². The molecule has 1 aromatic carbocycles. The number of fused-ring (bicyclic) bond motifs is 3. The van der Waals surface area contributed by atoms with Crippen LogP contribution in [0.5, 0.6) is 0 Å². The highest BCUT2D eigenvalue weighted by Gasteiger charge is 2.71. The molecular weight excluding hydrogens is 487 g/mol. The number of aliphatic hydroxyl groups is 1. The van der Waals surface area contributed by atoms with Crippen LogP contribution in [0.15, 0.2) is 24.3 Å². The molecule has 4 fully saturated rings. The Kier molecular flexibility index (Phi) is 6.88. The smallest absolute Gasteiger partial charge is 0.312 e. The molecule has 2 bridgehead atoms. The van der Waals surface area contributed by atoms with E-state index in [1.807, 2.05) is 6.92 Å². The quantitative estimate of drug-likeness (QED) is 0.317. The number of nitrogens with one attached hydrogen (secondary N) is 2. The number of aliphatic hydroxyl groups excluding tert-OH is 1. The van der Waals surface area contributed by atoms with Crippen molar-refractivity contribution >= 4 is 29.0 Å². The highest BCUT2D eigenvalue weighted by molar-refractivity contribution is 7.80. The molecule has 4 aliphatic rings. The van der Waals surface area contributed by atoms with Crippen molar-refractivity contribution in [2.24, 2.45) is 39.4 Å². The van der Waals surface area contributed by atoms with Crippen molar-refractivity contribution in [3.05, 3.63) is 30.1 Å². The number of hydrogen-bond acceptors (Lipinski definition) is 4. The molecule has 0 aliphatic heterocycles. The van der Waals surface area contributed by atoms with Crippen LogP contribution in [0.2, 0.25) is 0 Å². The van der Waals surface area contributed by atoms with Crippen LogP contribution in [-0.2, 0) is 9.53 Å². The van der Waals surface area contributed by atoms with Crippen LogP contribution < -0.4 is 10.6 Å². The van der Waals surface area contributed by atoms with E-state index in [0.29, 0.717) is 29.2 Å². The molecule has 0 saturated heterocycles. The molecule has 8 atom stereocenters. The summed E-state index contributed by atoms with van der Waals surface area (Å²) in [6.07, 6.45) is 8.33. The lowest BCUT2D eigenvalue weighted by Gasteiger charge is -2.65. The number of esters is 1. The van der Waals surface area contributed by atoms with E-state index < -0.39 is 5.41 Å². The predicted molar refractivity (Wildman–Crippen MR) is 147 cm³/mol. The Morgan fingerprint density at radius 2 is 1.92 bits per heavy atom. The molecule has 7 heteroatoms. The summed E-state index contributed by atoms with van der Waals surface area (Å²) >= 11 is 5.69. The largest absolute Gasteiger partial charge is 0.466 e. The van der Waals surface area contributed by atoms with E-state index in [9.17, 15) is 14.3 Å². The second-order valence-electron chi connectivity index (χ2n) is 13.1. The van der Waals surface area contributed by atoms with E-state index in [1.165, 1.54) is 12.1 Å². The number of carbonyl (C=O) groups excluding carboxylic acids is 1. The van der Waals surface area contributed by atoms with Gasteiger partial charge in [-0.2, -0.15) is 0 Å². The van der Waals surface area contributed by atoms with E-state index >= 15 is 0 Å². The first-order valence-electron chi connectivity index (χ1n) is 14.1. The molecule has 5 rings (SSSR count). The van der Waals surface area contributed by atoms with E-state index in [-0.39, 0.29) is 46.6 Å². The minimum atomic E-state index is -0.438. The third-order valence-electron chi connectivity index (χ3n) is 11.3. The van der Waals surface area contributed by atoms with E-state index in [0.717, 1.165) is 51.4 Å². The van der Waals surface area contributed by atoms with Gasteiger partial charge < -0.3 is 20.5 Å². The van der Waals surface area contributed by atoms with Crippen molar-refractivity contribution in [1.29, 1.82) is 0 Å². The van der Waals surface area contributed by atoms with Crippen LogP contribution in [0.4, 0.5) is 10.1 Å². The molecule has 0 heterocycles. The topological polar surface area (TPSA) is 70.6 Å². The first-order chi connectivity index (χ1) is 17.5. The molecule has 5 nitrogen and oxygen atoms in total. The first-order valence-corrected chi connectivity index (χ1v) is 14.5. The van der Waals surface area contributed by atoms with Gasteiger partial charge >= 0.3 is 5.97 Å². The summed E-state index contributed by atoms with van der Waals surface area (Å²) in [5.74, 6) is 0.495. The van der Waals surface area contributed by atoms with Crippen LogP contribution in [0.25, 0.3) is 0 Å². The minimum absolute atomic E-state index is 0.0138. The van der Waals surface area contributed by atoms with Crippen molar-refractivity contribution in [1.82, 2.24) is 5.32 Å². The molecule has 1 spiro atoms. The van der Waals surface area contributed by atoms with Crippen LogP contribution in [0.1, 0.15) is 79.1 Å². The van der Waals surface area contributed by atoms with Gasteiger partial charge in [-0.3, -0.25) is 4.79 Å². The van der Waals surface area contributed by atoms with Crippen molar-refractivity contribution in [3.63, 3.8) is 0 Å². The minimum Gasteiger partial charge on any atom is -0.466 e. The maximum absolute atomic E-state index is 13.7. The standard InChI is InChI=1S/C30H43FN2O3S/c1-5-36-25(35)29(4)13-7-12-28(3)22(29)11-15-30-18-27(2,14-10-23(28)30)24(21(30)17-34)33-26(37)32-20-9-6-8-19(31)16-20/h6,8-9,16,21-24,34H,5,7,10-15,17-18H2,1-4H3,(H2,32,33,37)/t21-,22+,23+,24-,27+,28-,29-,30-/m1/s1. The molecule has 4 saturated carbocycles. The van der Waals surface area contributed by atoms with Gasteiger partial charge in [0.1, 0.15) is 5.82 Å². The monoisotopic (exact) mass is 530 g/mol. The lowest BCUT2D eigenvalue weighted by atomic mass is 9.39. The average molecular weight is 531 g/mol. The van der Waals surface area contributed by atoms with Gasteiger partial charge in [0.15, 0.2) is 5.11 Å². The fraction of sp³-hybridized carbons (Fsp3) is 0.733. The van der Waals surface area contributed by atoms with Crippen LogP contribution >= 0.6 is 12.2 Å². The first kappa shape index (κ1) is 26.9. The number of benzene rings is 1. The fourth-order valence-corrected chi connectivity index (χ4v) is 10.2. The van der Waals surface area contributed by atoms with Gasteiger partial charge in [-0.15, -0.1) is 0 Å². The molecular formula is C30H43FN2O3S. The van der Waals surface area contributed by atoms with E-state index in [1.54, 1.807) is 12.1 Å². The molecule has 0 unspecified atom stereocenters. The van der Waals surface area contributed by atoms with Gasteiger partial charge in [0.2, 0.25) is 0 Å². The normalized spacial score (nSPS) is 42.3. The zero-order valence-corrected chi connectivity index (χ0v) is 23.6. The zero-order valence-electron chi connectivity index (χ0n) is 22.7. The highest BCUT2D eigenvalue weighted by atomic mass is 32.1. The molecule has 0 amide bonds. The molecule has 37 heavy (non-hydrogen) atoms. The fourth-order valence-electron chi connectivity index (χ4n) is 10.0. The Balaban J connectivity index is 1.43. The van der Waals surface area contributed by atoms with Crippen LogP contribution in [0, 0.1) is 45.2 Å². The lowest BCUT2D eigenvalue weighted by molar-refractivity contribution is -0.193. The van der Waals surface area contributed by atoms with Crippen LogP contribution in [-0.4, -0.2) is 35.4 Å². The van der Waals surface area contributed by atoms with Crippen molar-refractivity contribution in [2.75, 3.05) is 18.5 Å². The Bertz CT molecular complexity index is 1070. The third kappa shape index (κ3) is 4.10. The Morgan fingerprint density at radius 3 is 2.62 bits per heavy atom.